The van der Waals surface area contributed by atoms with Crippen molar-refractivity contribution < 1.29 is 54.3 Å². The minimum Gasteiger partial charge on any atom is -0.478 e. The van der Waals surface area contributed by atoms with E-state index in [0.29, 0.717) is 6.07 Å². The zero-order chi connectivity index (χ0) is 40.3. The SMILES string of the molecule is CO/N=C(\OC)c1cc(-n2c(=O)cc(C(F)(F)F)n(C)c2=O)c(F)cc1Cl.CONC(=O)c1cc(-n2c(=O)cc(C(F)(F)F)n(C)c2=O)c(F)cc1Cl. The van der Waals surface area contributed by atoms with Crippen LogP contribution in [0, 0.1) is 11.6 Å². The number of carbonyl (C=O) groups is 1. The lowest BCUT2D eigenvalue weighted by Crippen LogP contribution is -2.41. The van der Waals surface area contributed by atoms with Crippen LogP contribution in [-0.4, -0.2) is 51.4 Å². The highest BCUT2D eigenvalue weighted by Crippen LogP contribution is 2.29. The highest BCUT2D eigenvalue weighted by molar-refractivity contribution is 6.34. The zero-order valence-corrected chi connectivity index (χ0v) is 28.8. The van der Waals surface area contributed by atoms with E-state index in [4.69, 9.17) is 27.9 Å². The molecule has 2 aromatic heterocycles. The van der Waals surface area contributed by atoms with E-state index in [2.05, 4.69) is 14.8 Å². The number of benzene rings is 2. The number of ether oxygens (including phenoxy) is 1. The number of hydrogen-bond acceptors (Lipinski definition) is 9. The summed E-state index contributed by atoms with van der Waals surface area (Å²) in [6, 6.07) is 3.43. The Morgan fingerprint density at radius 2 is 1.09 bits per heavy atom. The molecule has 0 unspecified atom stereocenters. The average molecular weight is 805 g/mol. The number of amides is 1. The summed E-state index contributed by atoms with van der Waals surface area (Å²) < 4.78 is 112. The molecule has 0 saturated heterocycles. The van der Waals surface area contributed by atoms with Crippen LogP contribution < -0.4 is 28.0 Å². The molecule has 0 saturated carbocycles. The number of rotatable bonds is 6. The van der Waals surface area contributed by atoms with Gasteiger partial charge in [-0.05, 0) is 29.4 Å². The number of oxime groups is 1. The first-order chi connectivity index (χ1) is 24.5. The molecule has 0 bridgehead atoms. The van der Waals surface area contributed by atoms with Crippen molar-refractivity contribution in [2.45, 2.75) is 12.4 Å². The normalized spacial score (nSPS) is 11.9. The molecule has 0 aliphatic rings. The van der Waals surface area contributed by atoms with Gasteiger partial charge in [-0.1, -0.05) is 23.2 Å². The Bertz CT molecular complexity index is 2350. The summed E-state index contributed by atoms with van der Waals surface area (Å²) >= 11 is 11.7. The molecule has 0 radical (unpaired) electrons. The first kappa shape index (κ1) is 41.9. The van der Waals surface area contributed by atoms with Crippen LogP contribution in [0.4, 0.5) is 35.1 Å². The highest BCUT2D eigenvalue weighted by atomic mass is 35.5. The lowest BCUT2D eigenvalue weighted by molar-refractivity contribution is -0.144. The molecule has 4 rings (SSSR count). The van der Waals surface area contributed by atoms with Crippen molar-refractivity contribution in [3.8, 4) is 11.4 Å². The molecule has 1 N–H and O–H groups in total. The van der Waals surface area contributed by atoms with E-state index in [0.717, 1.165) is 39.4 Å². The Kier molecular flexibility index (Phi) is 12.7. The van der Waals surface area contributed by atoms with E-state index in [1.54, 1.807) is 0 Å². The third kappa shape index (κ3) is 8.77. The fraction of sp³-hybridized carbons (Fsp3) is 0.241. The van der Waals surface area contributed by atoms with E-state index in [9.17, 15) is 59.1 Å². The van der Waals surface area contributed by atoms with E-state index in [1.165, 1.54) is 14.2 Å². The smallest absolute Gasteiger partial charge is 0.431 e. The second-order valence-electron chi connectivity index (χ2n) is 10.1. The molecule has 1 amide bonds. The molecular formula is C29H22Cl2F8N6O8. The number of nitrogens with zero attached hydrogens (tertiary/aromatic N) is 5. The molecule has 2 aromatic carbocycles. The standard InChI is InChI=1S/C15H12ClF4N3O4.C14H10ClF4N3O4/c1-22-11(15(18,19)20)6-12(24)23(14(22)25)10-4-7(8(16)5-9(10)17)13(26-2)21-27-3;1-21-10(14(17,18)19)5-11(23)22(13(21)25)9-3-6(12(24)20-26-2)7(15)4-8(9)16/h4-6H,1-3H3;3-5H,1-2H3,(H,20,24)/b21-13-;. The van der Waals surface area contributed by atoms with E-state index < -0.39 is 75.2 Å². The van der Waals surface area contributed by atoms with Crippen LogP contribution in [-0.2, 0) is 40.9 Å². The number of nitrogens with one attached hydrogen (secondary N) is 1. The number of methoxy groups -OCH3 is 1. The summed E-state index contributed by atoms with van der Waals surface area (Å²) in [4.78, 5) is 69.4. The third-order valence-corrected chi connectivity index (χ3v) is 7.44. The van der Waals surface area contributed by atoms with Gasteiger partial charge in [-0.2, -0.15) is 26.3 Å². The van der Waals surface area contributed by atoms with Gasteiger partial charge in [-0.25, -0.2) is 33.0 Å². The van der Waals surface area contributed by atoms with E-state index in [1.807, 2.05) is 5.48 Å². The van der Waals surface area contributed by atoms with Crippen LogP contribution in [0.3, 0.4) is 0 Å². The van der Waals surface area contributed by atoms with Gasteiger partial charge in [-0.15, -0.1) is 0 Å². The summed E-state index contributed by atoms with van der Waals surface area (Å²) in [6.45, 7) is 0. The molecule has 0 aliphatic carbocycles. The maximum absolute atomic E-state index is 14.4. The van der Waals surface area contributed by atoms with Crippen LogP contribution >= 0.6 is 23.2 Å². The van der Waals surface area contributed by atoms with Crippen LogP contribution in [0.5, 0.6) is 0 Å². The lowest BCUT2D eigenvalue weighted by Gasteiger charge is -2.15. The quantitative estimate of drug-likeness (QED) is 0.133. The van der Waals surface area contributed by atoms with Gasteiger partial charge in [0.1, 0.15) is 30.1 Å². The van der Waals surface area contributed by atoms with Gasteiger partial charge in [0.2, 0.25) is 0 Å². The van der Waals surface area contributed by atoms with Crippen LogP contribution in [0.15, 0.2) is 60.7 Å². The minimum atomic E-state index is -4.96. The molecule has 286 valence electrons. The van der Waals surface area contributed by atoms with E-state index in [-0.39, 0.29) is 57.5 Å². The van der Waals surface area contributed by atoms with Gasteiger partial charge < -0.3 is 9.57 Å². The summed E-state index contributed by atoms with van der Waals surface area (Å²) in [7, 11) is 5.11. The second kappa shape index (κ2) is 16.0. The van der Waals surface area contributed by atoms with Gasteiger partial charge in [0, 0.05) is 26.2 Å². The summed E-state index contributed by atoms with van der Waals surface area (Å²) in [6.07, 6.45) is -9.90. The van der Waals surface area contributed by atoms with Gasteiger partial charge in [0.15, 0.2) is 0 Å². The third-order valence-electron chi connectivity index (χ3n) is 6.81. The first-order valence-corrected chi connectivity index (χ1v) is 14.6. The van der Waals surface area contributed by atoms with Gasteiger partial charge in [0.05, 0.1) is 46.8 Å². The number of aromatic nitrogens is 4. The van der Waals surface area contributed by atoms with Crippen molar-refractivity contribution >= 4 is 35.0 Å². The molecule has 0 aliphatic heterocycles. The molecular weight excluding hydrogens is 783 g/mol. The monoisotopic (exact) mass is 804 g/mol. The molecule has 0 atom stereocenters. The molecule has 0 fully saturated rings. The Hall–Kier alpha value is -5.48. The maximum Gasteiger partial charge on any atom is 0.431 e. The van der Waals surface area contributed by atoms with Crippen molar-refractivity contribution in [3.05, 3.63) is 122 Å². The van der Waals surface area contributed by atoms with Gasteiger partial charge >= 0.3 is 23.7 Å². The van der Waals surface area contributed by atoms with Gasteiger partial charge in [-0.3, -0.25) is 28.4 Å². The molecule has 2 heterocycles. The summed E-state index contributed by atoms with van der Waals surface area (Å²) in [5.74, 6) is -3.44. The molecule has 53 heavy (non-hydrogen) atoms. The predicted molar refractivity (Wildman–Crippen MR) is 170 cm³/mol. The summed E-state index contributed by atoms with van der Waals surface area (Å²) in [5, 5.41) is 2.96. The fourth-order valence-corrected chi connectivity index (χ4v) is 4.89. The fourth-order valence-electron chi connectivity index (χ4n) is 4.42. The lowest BCUT2D eigenvalue weighted by atomic mass is 10.1. The molecule has 14 nitrogen and oxygen atoms in total. The number of carbonyl (C=O) groups excluding carboxylic acids is 1. The zero-order valence-electron chi connectivity index (χ0n) is 27.2. The largest absolute Gasteiger partial charge is 0.478 e. The predicted octanol–water partition coefficient (Wildman–Crippen LogP) is 3.94. The van der Waals surface area contributed by atoms with Crippen LogP contribution in [0.25, 0.3) is 11.4 Å². The first-order valence-electron chi connectivity index (χ1n) is 13.8. The number of halogens is 10. The Balaban J connectivity index is 0.000000286. The second-order valence-corrected chi connectivity index (χ2v) is 10.9. The maximum atomic E-state index is 14.4. The molecule has 0 spiro atoms. The van der Waals surface area contributed by atoms with Gasteiger partial charge in [0.25, 0.3) is 22.9 Å². The van der Waals surface area contributed by atoms with Crippen LogP contribution in [0.1, 0.15) is 27.3 Å². The minimum absolute atomic E-state index is 0.0498. The van der Waals surface area contributed by atoms with Crippen molar-refractivity contribution in [2.75, 3.05) is 21.3 Å². The Labute approximate surface area is 299 Å². The number of hydroxylamine groups is 1. The summed E-state index contributed by atoms with van der Waals surface area (Å²) in [5.41, 5.74) is -8.51. The Morgan fingerprint density at radius 3 is 1.45 bits per heavy atom. The van der Waals surface area contributed by atoms with Crippen molar-refractivity contribution in [2.24, 2.45) is 19.3 Å². The van der Waals surface area contributed by atoms with Crippen LogP contribution in [0.2, 0.25) is 10.0 Å². The average Bonchev–Trinajstić information content (AvgIpc) is 3.04. The molecule has 24 heteroatoms. The Morgan fingerprint density at radius 1 is 0.698 bits per heavy atom. The number of hydrogen-bond donors (Lipinski definition) is 1. The molecule has 4 aromatic rings. The van der Waals surface area contributed by atoms with Crippen molar-refractivity contribution in [1.82, 2.24) is 23.7 Å². The number of alkyl halides is 6. The van der Waals surface area contributed by atoms with Crippen molar-refractivity contribution in [1.29, 1.82) is 0 Å². The van der Waals surface area contributed by atoms with E-state index >= 15 is 0 Å². The topological polar surface area (TPSA) is 157 Å². The van der Waals surface area contributed by atoms with Crippen molar-refractivity contribution in [3.63, 3.8) is 0 Å². The highest BCUT2D eigenvalue weighted by Gasteiger charge is 2.36.